The van der Waals surface area contributed by atoms with Crippen molar-refractivity contribution in [3.8, 4) is 11.4 Å². The van der Waals surface area contributed by atoms with Gasteiger partial charge in [0, 0.05) is 10.9 Å². The van der Waals surface area contributed by atoms with E-state index in [1.165, 1.54) is 7.11 Å². The van der Waals surface area contributed by atoms with Crippen LogP contribution in [0, 0.1) is 6.92 Å². The number of hydrogen-bond acceptors (Lipinski definition) is 4. The third-order valence-electron chi connectivity index (χ3n) is 3.26. The van der Waals surface area contributed by atoms with Gasteiger partial charge in [-0.15, -0.1) is 0 Å². The Hall–Kier alpha value is -2.56. The monoisotopic (exact) mass is 256 g/mol. The molecule has 1 aromatic rings. The lowest BCUT2D eigenvalue weighted by Gasteiger charge is -2.12. The number of nitrogens with zero attached hydrogens (tertiary/aromatic N) is 2. The van der Waals surface area contributed by atoms with Crippen molar-refractivity contribution < 1.29 is 14.7 Å². The Labute approximate surface area is 109 Å². The highest BCUT2D eigenvalue weighted by Crippen LogP contribution is 2.32. The Morgan fingerprint density at radius 2 is 2.11 bits per heavy atom. The van der Waals surface area contributed by atoms with Crippen molar-refractivity contribution in [2.75, 3.05) is 7.11 Å². The number of ether oxygens (including phenoxy) is 1. The van der Waals surface area contributed by atoms with Crippen molar-refractivity contribution in [2.24, 2.45) is 0 Å². The normalized spacial score (nSPS) is 11.1. The maximum absolute atomic E-state index is 11.7. The standard InChI is InChI=1S/C14H12N2O3/c1-8-10(14(17)19-2)7-11-9-5-3-4-6-12(9)15-13(11)16(8)18/h3-7,18H,1-2H3. The number of fused-ring (bicyclic) bond motifs is 3. The molecule has 0 unspecified atom stereocenters. The van der Waals surface area contributed by atoms with E-state index in [-0.39, 0.29) is 0 Å². The van der Waals surface area contributed by atoms with Gasteiger partial charge in [-0.2, -0.15) is 4.73 Å². The van der Waals surface area contributed by atoms with Crippen LogP contribution in [0.1, 0.15) is 16.1 Å². The summed E-state index contributed by atoms with van der Waals surface area (Å²) in [5.74, 6) is -0.0427. The number of para-hydroxylation sites is 1. The zero-order valence-electron chi connectivity index (χ0n) is 10.5. The van der Waals surface area contributed by atoms with E-state index in [0.29, 0.717) is 17.1 Å². The molecule has 5 heteroatoms. The van der Waals surface area contributed by atoms with Crippen LogP contribution >= 0.6 is 0 Å². The van der Waals surface area contributed by atoms with Gasteiger partial charge >= 0.3 is 5.97 Å². The Bertz CT molecular complexity index is 761. The van der Waals surface area contributed by atoms with Crippen LogP contribution in [0.25, 0.3) is 22.3 Å². The molecule has 0 saturated carbocycles. The van der Waals surface area contributed by atoms with E-state index in [4.69, 9.17) is 4.74 Å². The van der Waals surface area contributed by atoms with Crippen molar-refractivity contribution in [1.29, 1.82) is 0 Å². The quantitative estimate of drug-likeness (QED) is 0.536. The summed E-state index contributed by atoms with van der Waals surface area (Å²) in [6.45, 7) is 1.64. The predicted octanol–water partition coefficient (Wildman–Crippen LogP) is 2.47. The predicted molar refractivity (Wildman–Crippen MR) is 69.6 cm³/mol. The summed E-state index contributed by atoms with van der Waals surface area (Å²) in [5, 5.41) is 11.0. The van der Waals surface area contributed by atoms with Crippen LogP contribution in [0.4, 0.5) is 0 Å². The van der Waals surface area contributed by atoms with E-state index in [1.54, 1.807) is 13.0 Å². The summed E-state index contributed by atoms with van der Waals surface area (Å²) in [6.07, 6.45) is 0. The van der Waals surface area contributed by atoms with Crippen molar-refractivity contribution in [3.05, 3.63) is 41.6 Å². The summed E-state index contributed by atoms with van der Waals surface area (Å²) in [6, 6.07) is 9.24. The molecule has 2 aliphatic heterocycles. The minimum Gasteiger partial charge on any atom is -0.465 e. The smallest absolute Gasteiger partial charge is 0.339 e. The van der Waals surface area contributed by atoms with Gasteiger partial charge in [-0.3, -0.25) is 0 Å². The highest BCUT2D eigenvalue weighted by atomic mass is 16.5. The molecule has 0 radical (unpaired) electrons. The van der Waals surface area contributed by atoms with Gasteiger partial charge in [0.2, 0.25) is 0 Å². The van der Waals surface area contributed by atoms with Crippen LogP contribution in [0.5, 0.6) is 0 Å². The SMILES string of the molecule is COC(=O)c1cc2c3ccccc3nc-2n(O)c1C. The van der Waals surface area contributed by atoms with E-state index >= 15 is 0 Å². The van der Waals surface area contributed by atoms with Gasteiger partial charge in [-0.25, -0.2) is 9.78 Å². The lowest BCUT2D eigenvalue weighted by molar-refractivity contribution is 0.0593. The van der Waals surface area contributed by atoms with E-state index in [0.717, 1.165) is 21.2 Å². The largest absolute Gasteiger partial charge is 0.465 e. The molecule has 0 spiro atoms. The van der Waals surface area contributed by atoms with Crippen LogP contribution in [0.15, 0.2) is 30.3 Å². The van der Waals surface area contributed by atoms with Gasteiger partial charge in [-0.05, 0) is 19.1 Å². The van der Waals surface area contributed by atoms with Gasteiger partial charge in [0.05, 0.1) is 23.9 Å². The van der Waals surface area contributed by atoms with Gasteiger partial charge in [0.15, 0.2) is 5.82 Å². The Kier molecular flexibility index (Phi) is 2.41. The molecule has 0 fully saturated rings. The topological polar surface area (TPSA) is 64.3 Å². The number of carbonyl (C=O) groups is 1. The van der Waals surface area contributed by atoms with Crippen LogP contribution in [0.3, 0.4) is 0 Å². The third-order valence-corrected chi connectivity index (χ3v) is 3.26. The van der Waals surface area contributed by atoms with Crippen molar-refractivity contribution in [2.45, 2.75) is 6.92 Å². The molecule has 0 bridgehead atoms. The third kappa shape index (κ3) is 1.55. The first-order chi connectivity index (χ1) is 9.13. The van der Waals surface area contributed by atoms with Crippen LogP contribution in [-0.2, 0) is 4.74 Å². The zero-order chi connectivity index (χ0) is 13.6. The van der Waals surface area contributed by atoms with Crippen molar-refractivity contribution in [3.63, 3.8) is 0 Å². The molecular formula is C14H12N2O3. The Morgan fingerprint density at radius 1 is 1.37 bits per heavy atom. The summed E-state index contributed by atoms with van der Waals surface area (Å²) in [7, 11) is 1.31. The van der Waals surface area contributed by atoms with Crippen molar-refractivity contribution >= 4 is 16.9 Å². The first-order valence-corrected chi connectivity index (χ1v) is 5.82. The number of methoxy groups -OCH3 is 1. The minimum atomic E-state index is -0.479. The molecule has 0 atom stereocenters. The number of carbonyl (C=O) groups excluding carboxylic acids is 1. The van der Waals surface area contributed by atoms with Crippen LogP contribution in [0.2, 0.25) is 0 Å². The van der Waals surface area contributed by atoms with E-state index < -0.39 is 5.97 Å². The summed E-state index contributed by atoms with van der Waals surface area (Å²) < 4.78 is 5.66. The molecule has 0 aromatic heterocycles. The number of benzene rings is 1. The van der Waals surface area contributed by atoms with Crippen molar-refractivity contribution in [1.82, 2.24) is 9.71 Å². The fraction of sp³-hybridized carbons (Fsp3) is 0.143. The Balaban J connectivity index is 2.43. The number of rotatable bonds is 1. The molecule has 19 heavy (non-hydrogen) atoms. The fourth-order valence-corrected chi connectivity index (χ4v) is 2.24. The highest BCUT2D eigenvalue weighted by Gasteiger charge is 2.22. The summed E-state index contributed by atoms with van der Waals surface area (Å²) >= 11 is 0. The molecule has 0 aliphatic carbocycles. The average Bonchev–Trinajstić information content (AvgIpc) is 2.81. The maximum atomic E-state index is 11.7. The van der Waals surface area contributed by atoms with Gasteiger partial charge < -0.3 is 9.94 Å². The van der Waals surface area contributed by atoms with E-state index in [1.807, 2.05) is 24.3 Å². The second-order valence-electron chi connectivity index (χ2n) is 4.31. The molecule has 0 saturated heterocycles. The Morgan fingerprint density at radius 3 is 2.84 bits per heavy atom. The van der Waals surface area contributed by atoms with Gasteiger partial charge in [0.1, 0.15) is 0 Å². The van der Waals surface area contributed by atoms with Crippen LogP contribution < -0.4 is 0 Å². The number of pyridine rings is 1. The molecule has 0 amide bonds. The van der Waals surface area contributed by atoms with Crippen LogP contribution in [-0.4, -0.2) is 28.0 Å². The van der Waals surface area contributed by atoms with E-state index in [2.05, 4.69) is 4.98 Å². The molecule has 1 aromatic carbocycles. The molecular weight excluding hydrogens is 244 g/mol. The number of aromatic nitrogens is 2. The summed E-state index contributed by atoms with van der Waals surface area (Å²) in [5.41, 5.74) is 2.24. The van der Waals surface area contributed by atoms with E-state index in [9.17, 15) is 10.0 Å². The lowest BCUT2D eigenvalue weighted by atomic mass is 10.1. The molecule has 2 aliphatic rings. The van der Waals surface area contributed by atoms with Gasteiger partial charge in [0.25, 0.3) is 0 Å². The number of esters is 1. The summed E-state index contributed by atoms with van der Waals surface area (Å²) in [4.78, 5) is 16.1. The number of hydrogen-bond donors (Lipinski definition) is 1. The molecule has 5 nitrogen and oxygen atoms in total. The first-order valence-electron chi connectivity index (χ1n) is 5.82. The lowest BCUT2D eigenvalue weighted by Crippen LogP contribution is -2.12. The zero-order valence-corrected chi connectivity index (χ0v) is 10.5. The second-order valence-corrected chi connectivity index (χ2v) is 4.31. The minimum absolute atomic E-state index is 0.329. The molecule has 2 heterocycles. The average molecular weight is 256 g/mol. The fourth-order valence-electron chi connectivity index (χ4n) is 2.24. The highest BCUT2D eigenvalue weighted by molar-refractivity contribution is 6.00. The first kappa shape index (κ1) is 11.5. The second kappa shape index (κ2) is 3.98. The molecule has 3 rings (SSSR count). The molecule has 1 N–H and O–H groups in total. The maximum Gasteiger partial charge on any atom is 0.339 e. The van der Waals surface area contributed by atoms with Gasteiger partial charge in [-0.1, -0.05) is 18.2 Å². The molecule has 96 valence electrons.